The van der Waals surface area contributed by atoms with Crippen molar-refractivity contribution < 1.29 is 14.3 Å². The van der Waals surface area contributed by atoms with Gasteiger partial charge in [-0.25, -0.2) is 0 Å². The third-order valence-electron chi connectivity index (χ3n) is 4.68. The number of para-hydroxylation sites is 1. The highest BCUT2D eigenvalue weighted by Crippen LogP contribution is 2.37. The first-order valence-corrected chi connectivity index (χ1v) is 10.5. The summed E-state index contributed by atoms with van der Waals surface area (Å²) in [5.74, 6) is 0.509. The number of hydrogen-bond acceptors (Lipinski definition) is 5. The zero-order valence-electron chi connectivity index (χ0n) is 17.1. The van der Waals surface area contributed by atoms with Crippen molar-refractivity contribution >= 4 is 35.0 Å². The van der Waals surface area contributed by atoms with E-state index in [1.165, 1.54) is 4.90 Å². The number of ether oxygens (including phenoxy) is 1. The smallest absolute Gasteiger partial charge is 0.259 e. The Morgan fingerprint density at radius 3 is 2.79 bits per heavy atom. The number of hydrogen-bond donors (Lipinski definition) is 1. The maximum Gasteiger partial charge on any atom is 0.259 e. The van der Waals surface area contributed by atoms with E-state index in [0.29, 0.717) is 17.5 Å². The molecule has 7 heteroatoms. The van der Waals surface area contributed by atoms with E-state index in [2.05, 4.69) is 18.3 Å². The van der Waals surface area contributed by atoms with E-state index in [0.717, 1.165) is 22.7 Å². The van der Waals surface area contributed by atoms with Gasteiger partial charge in [-0.15, -0.1) is 11.8 Å². The molecule has 1 unspecified atom stereocenters. The standard InChI is InChI=1S/C22H27N3O3S/c1-16-11-12-25(19-9-4-5-10-20(19)29-16)21(26)14-23-17-7-6-8-18(13-17)28-15-22(27)24(2)3/h4-10,13,16,23H,11-12,14-15H2,1-3H3. The van der Waals surface area contributed by atoms with Crippen LogP contribution in [0.15, 0.2) is 53.4 Å². The fourth-order valence-corrected chi connectivity index (χ4v) is 4.10. The lowest BCUT2D eigenvalue weighted by atomic mass is 10.2. The second-order valence-electron chi connectivity index (χ2n) is 7.19. The van der Waals surface area contributed by atoms with Gasteiger partial charge in [0.05, 0.1) is 12.2 Å². The number of benzene rings is 2. The fraction of sp³-hybridized carbons (Fsp3) is 0.364. The number of anilines is 2. The maximum atomic E-state index is 12.9. The molecule has 29 heavy (non-hydrogen) atoms. The second-order valence-corrected chi connectivity index (χ2v) is 8.67. The average molecular weight is 414 g/mol. The molecule has 154 valence electrons. The van der Waals surface area contributed by atoms with Crippen LogP contribution in [0.4, 0.5) is 11.4 Å². The van der Waals surface area contributed by atoms with Crippen LogP contribution >= 0.6 is 11.8 Å². The number of carbonyl (C=O) groups excluding carboxylic acids is 2. The molecular formula is C22H27N3O3S. The summed E-state index contributed by atoms with van der Waals surface area (Å²) in [6, 6.07) is 15.4. The molecule has 0 saturated carbocycles. The summed E-state index contributed by atoms with van der Waals surface area (Å²) in [7, 11) is 3.38. The molecule has 0 fully saturated rings. The Kier molecular flexibility index (Phi) is 7.04. The maximum absolute atomic E-state index is 12.9. The van der Waals surface area contributed by atoms with Crippen molar-refractivity contribution in [3.05, 3.63) is 48.5 Å². The molecule has 1 aliphatic rings. The van der Waals surface area contributed by atoms with Crippen LogP contribution in [0.2, 0.25) is 0 Å². The van der Waals surface area contributed by atoms with E-state index in [1.54, 1.807) is 26.2 Å². The molecule has 0 bridgehead atoms. The second kappa shape index (κ2) is 9.69. The van der Waals surface area contributed by atoms with E-state index in [4.69, 9.17) is 4.74 Å². The number of nitrogens with zero attached hydrogens (tertiary/aromatic N) is 2. The normalized spacial score (nSPS) is 15.8. The molecule has 1 N–H and O–H groups in total. The minimum Gasteiger partial charge on any atom is -0.484 e. The van der Waals surface area contributed by atoms with Crippen LogP contribution in [-0.4, -0.2) is 55.8 Å². The van der Waals surface area contributed by atoms with Crippen LogP contribution < -0.4 is 15.0 Å². The highest BCUT2D eigenvalue weighted by molar-refractivity contribution is 8.00. The van der Waals surface area contributed by atoms with Crippen LogP contribution in [0.1, 0.15) is 13.3 Å². The van der Waals surface area contributed by atoms with Gasteiger partial charge < -0.3 is 19.9 Å². The fourth-order valence-electron chi connectivity index (χ4n) is 2.99. The Morgan fingerprint density at radius 1 is 1.21 bits per heavy atom. The van der Waals surface area contributed by atoms with Gasteiger partial charge in [-0.2, -0.15) is 0 Å². The van der Waals surface area contributed by atoms with E-state index in [9.17, 15) is 9.59 Å². The Bertz CT molecular complexity index is 872. The zero-order valence-corrected chi connectivity index (χ0v) is 17.9. The van der Waals surface area contributed by atoms with Crippen molar-refractivity contribution in [2.24, 2.45) is 0 Å². The van der Waals surface area contributed by atoms with Gasteiger partial charge >= 0.3 is 0 Å². The quantitative estimate of drug-likeness (QED) is 0.786. The molecule has 0 spiro atoms. The van der Waals surface area contributed by atoms with Crippen LogP contribution in [0.5, 0.6) is 5.75 Å². The molecule has 6 nitrogen and oxygen atoms in total. The van der Waals surface area contributed by atoms with Crippen LogP contribution in [-0.2, 0) is 9.59 Å². The minimum atomic E-state index is -0.106. The molecule has 0 radical (unpaired) electrons. The molecule has 2 amide bonds. The van der Waals surface area contributed by atoms with Crippen LogP contribution in [0.3, 0.4) is 0 Å². The first kappa shape index (κ1) is 21.0. The van der Waals surface area contributed by atoms with Gasteiger partial charge in [0, 0.05) is 42.5 Å². The van der Waals surface area contributed by atoms with Crippen molar-refractivity contribution in [1.29, 1.82) is 0 Å². The van der Waals surface area contributed by atoms with E-state index >= 15 is 0 Å². The highest BCUT2D eigenvalue weighted by atomic mass is 32.2. The summed E-state index contributed by atoms with van der Waals surface area (Å²) < 4.78 is 5.54. The van der Waals surface area contributed by atoms with Gasteiger partial charge in [0.2, 0.25) is 5.91 Å². The number of likely N-dealkylation sites (N-methyl/N-ethyl adjacent to an activating group) is 1. The van der Waals surface area contributed by atoms with Crippen molar-refractivity contribution in [1.82, 2.24) is 4.90 Å². The van der Waals surface area contributed by atoms with Crippen LogP contribution in [0, 0.1) is 0 Å². The Balaban J connectivity index is 1.62. The molecule has 1 aliphatic heterocycles. The number of thioether (sulfide) groups is 1. The van der Waals surface area contributed by atoms with Crippen molar-refractivity contribution in [3.63, 3.8) is 0 Å². The molecule has 0 aromatic heterocycles. The third-order valence-corrected chi connectivity index (χ3v) is 5.92. The predicted octanol–water partition coefficient (Wildman–Crippen LogP) is 3.48. The Labute approximate surface area is 176 Å². The minimum absolute atomic E-state index is 0.0181. The molecule has 2 aromatic carbocycles. The van der Waals surface area contributed by atoms with E-state index < -0.39 is 0 Å². The largest absolute Gasteiger partial charge is 0.484 e. The third kappa shape index (κ3) is 5.67. The molecule has 2 aromatic rings. The lowest BCUT2D eigenvalue weighted by Gasteiger charge is -2.23. The summed E-state index contributed by atoms with van der Waals surface area (Å²) in [4.78, 5) is 29.1. The molecule has 1 heterocycles. The van der Waals surface area contributed by atoms with Crippen molar-refractivity contribution in [2.75, 3.05) is 44.0 Å². The van der Waals surface area contributed by atoms with Crippen molar-refractivity contribution in [2.45, 2.75) is 23.5 Å². The number of carbonyl (C=O) groups is 2. The lowest BCUT2D eigenvalue weighted by molar-refractivity contribution is -0.130. The SMILES string of the molecule is CC1CCN(C(=O)CNc2cccc(OCC(=O)N(C)C)c2)c2ccccc2S1. The summed E-state index contributed by atoms with van der Waals surface area (Å²) in [6.07, 6.45) is 0.953. The first-order valence-electron chi connectivity index (χ1n) is 9.67. The topological polar surface area (TPSA) is 61.9 Å². The number of amides is 2. The van der Waals surface area contributed by atoms with Gasteiger partial charge in [-0.3, -0.25) is 9.59 Å². The van der Waals surface area contributed by atoms with Crippen LogP contribution in [0.25, 0.3) is 0 Å². The van der Waals surface area contributed by atoms with Gasteiger partial charge in [-0.1, -0.05) is 25.1 Å². The van der Waals surface area contributed by atoms with Gasteiger partial charge in [-0.05, 0) is 30.7 Å². The van der Waals surface area contributed by atoms with E-state index in [-0.39, 0.29) is 25.0 Å². The van der Waals surface area contributed by atoms with Crippen molar-refractivity contribution in [3.8, 4) is 5.75 Å². The monoisotopic (exact) mass is 413 g/mol. The first-order chi connectivity index (χ1) is 13.9. The molecule has 1 atom stereocenters. The molecule has 0 saturated heterocycles. The summed E-state index contributed by atoms with van der Waals surface area (Å²) in [6.45, 7) is 3.07. The lowest BCUT2D eigenvalue weighted by Crippen LogP contribution is -2.36. The highest BCUT2D eigenvalue weighted by Gasteiger charge is 2.23. The number of rotatable bonds is 6. The Morgan fingerprint density at radius 2 is 2.00 bits per heavy atom. The number of fused-ring (bicyclic) bond motifs is 1. The van der Waals surface area contributed by atoms with Gasteiger partial charge in [0.15, 0.2) is 6.61 Å². The van der Waals surface area contributed by atoms with Gasteiger partial charge in [0.25, 0.3) is 5.91 Å². The predicted molar refractivity (Wildman–Crippen MR) is 118 cm³/mol. The molecule has 0 aliphatic carbocycles. The zero-order chi connectivity index (χ0) is 20.8. The van der Waals surface area contributed by atoms with Gasteiger partial charge in [0.1, 0.15) is 5.75 Å². The molecule has 3 rings (SSSR count). The number of nitrogens with one attached hydrogen (secondary N) is 1. The average Bonchev–Trinajstić information content (AvgIpc) is 2.88. The summed E-state index contributed by atoms with van der Waals surface area (Å²) >= 11 is 1.82. The van der Waals surface area contributed by atoms with E-state index in [1.807, 2.05) is 47.0 Å². The summed E-state index contributed by atoms with van der Waals surface area (Å²) in [5, 5.41) is 3.65. The Hall–Kier alpha value is -2.67. The summed E-state index contributed by atoms with van der Waals surface area (Å²) in [5.41, 5.74) is 1.76. The molecular weight excluding hydrogens is 386 g/mol.